The summed E-state index contributed by atoms with van der Waals surface area (Å²) in [6.45, 7) is 0.415. The van der Waals surface area contributed by atoms with Gasteiger partial charge in [0.25, 0.3) is 11.6 Å². The molecule has 0 aliphatic heterocycles. The van der Waals surface area contributed by atoms with E-state index in [-0.39, 0.29) is 11.6 Å². The SMILES string of the molecule is COCc1cccc(C(=O)Nc2cccc([N+](=O)[O-])c2)c1. The van der Waals surface area contributed by atoms with Crippen LogP contribution in [0.2, 0.25) is 0 Å². The smallest absolute Gasteiger partial charge is 0.271 e. The molecule has 0 heterocycles. The summed E-state index contributed by atoms with van der Waals surface area (Å²) >= 11 is 0. The van der Waals surface area contributed by atoms with Crippen molar-refractivity contribution in [2.45, 2.75) is 6.61 Å². The molecule has 21 heavy (non-hydrogen) atoms. The van der Waals surface area contributed by atoms with Crippen LogP contribution in [0.5, 0.6) is 0 Å². The zero-order chi connectivity index (χ0) is 15.2. The minimum atomic E-state index is -0.505. The van der Waals surface area contributed by atoms with Gasteiger partial charge in [0.05, 0.1) is 11.5 Å². The summed E-state index contributed by atoms with van der Waals surface area (Å²) in [6.07, 6.45) is 0. The van der Waals surface area contributed by atoms with Gasteiger partial charge in [-0.15, -0.1) is 0 Å². The predicted octanol–water partition coefficient (Wildman–Crippen LogP) is 2.99. The molecule has 0 aromatic heterocycles. The van der Waals surface area contributed by atoms with Crippen LogP contribution in [0.25, 0.3) is 0 Å². The molecule has 0 saturated heterocycles. The number of hydrogen-bond donors (Lipinski definition) is 1. The summed E-state index contributed by atoms with van der Waals surface area (Å²) in [5, 5.41) is 13.3. The lowest BCUT2D eigenvalue weighted by molar-refractivity contribution is -0.384. The summed E-state index contributed by atoms with van der Waals surface area (Å²) in [6, 6.07) is 12.8. The Hall–Kier alpha value is -2.73. The van der Waals surface area contributed by atoms with E-state index in [9.17, 15) is 14.9 Å². The van der Waals surface area contributed by atoms with Crippen molar-refractivity contribution in [2.75, 3.05) is 12.4 Å². The van der Waals surface area contributed by atoms with Gasteiger partial charge in [-0.3, -0.25) is 14.9 Å². The number of amides is 1. The first-order valence-electron chi connectivity index (χ1n) is 6.24. The number of nitro groups is 1. The molecule has 0 spiro atoms. The van der Waals surface area contributed by atoms with Gasteiger partial charge >= 0.3 is 0 Å². The third-order valence-electron chi connectivity index (χ3n) is 2.82. The van der Waals surface area contributed by atoms with Crippen molar-refractivity contribution in [3.63, 3.8) is 0 Å². The standard InChI is InChI=1S/C15H14N2O4/c1-21-10-11-4-2-5-12(8-11)15(18)16-13-6-3-7-14(9-13)17(19)20/h2-9H,10H2,1H3,(H,16,18). The van der Waals surface area contributed by atoms with Crippen molar-refractivity contribution in [1.82, 2.24) is 0 Å². The van der Waals surface area contributed by atoms with E-state index >= 15 is 0 Å². The molecular formula is C15H14N2O4. The lowest BCUT2D eigenvalue weighted by Gasteiger charge is -2.06. The van der Waals surface area contributed by atoms with Crippen LogP contribution in [0.4, 0.5) is 11.4 Å². The fraction of sp³-hybridized carbons (Fsp3) is 0.133. The van der Waals surface area contributed by atoms with Gasteiger partial charge in [0.2, 0.25) is 0 Å². The van der Waals surface area contributed by atoms with Crippen molar-refractivity contribution < 1.29 is 14.5 Å². The molecule has 0 radical (unpaired) electrons. The van der Waals surface area contributed by atoms with Crippen molar-refractivity contribution in [1.29, 1.82) is 0 Å². The molecule has 2 aromatic carbocycles. The van der Waals surface area contributed by atoms with Gasteiger partial charge in [-0.1, -0.05) is 18.2 Å². The quantitative estimate of drug-likeness (QED) is 0.676. The molecule has 0 aliphatic carbocycles. The monoisotopic (exact) mass is 286 g/mol. The highest BCUT2D eigenvalue weighted by atomic mass is 16.6. The van der Waals surface area contributed by atoms with Crippen molar-refractivity contribution >= 4 is 17.3 Å². The van der Waals surface area contributed by atoms with E-state index < -0.39 is 4.92 Å². The lowest BCUT2D eigenvalue weighted by atomic mass is 10.1. The van der Waals surface area contributed by atoms with Crippen molar-refractivity contribution in [3.05, 3.63) is 69.8 Å². The van der Waals surface area contributed by atoms with Gasteiger partial charge in [0, 0.05) is 30.5 Å². The second kappa shape index (κ2) is 6.62. The van der Waals surface area contributed by atoms with Crippen molar-refractivity contribution in [2.24, 2.45) is 0 Å². The molecule has 1 amide bonds. The second-order valence-corrected chi connectivity index (χ2v) is 4.39. The molecule has 2 rings (SSSR count). The number of nitro benzene ring substituents is 1. The number of nitrogens with zero attached hydrogens (tertiary/aromatic N) is 1. The Morgan fingerprint density at radius 2 is 2.00 bits per heavy atom. The Morgan fingerprint density at radius 1 is 1.24 bits per heavy atom. The molecule has 0 fully saturated rings. The van der Waals surface area contributed by atoms with Crippen LogP contribution in [0.15, 0.2) is 48.5 Å². The number of carbonyl (C=O) groups excluding carboxylic acids is 1. The highest BCUT2D eigenvalue weighted by Gasteiger charge is 2.10. The number of ether oxygens (including phenoxy) is 1. The normalized spacial score (nSPS) is 10.1. The third kappa shape index (κ3) is 3.87. The number of benzene rings is 2. The summed E-state index contributed by atoms with van der Waals surface area (Å²) in [4.78, 5) is 22.3. The molecular weight excluding hydrogens is 272 g/mol. The number of anilines is 1. The van der Waals surface area contributed by atoms with Crippen LogP contribution in [0.3, 0.4) is 0 Å². The first kappa shape index (κ1) is 14.7. The van der Waals surface area contributed by atoms with Crippen LogP contribution >= 0.6 is 0 Å². The minimum Gasteiger partial charge on any atom is -0.380 e. The molecule has 0 bridgehead atoms. The van der Waals surface area contributed by atoms with E-state index in [0.717, 1.165) is 5.56 Å². The fourth-order valence-electron chi connectivity index (χ4n) is 1.87. The van der Waals surface area contributed by atoms with Crippen LogP contribution < -0.4 is 5.32 Å². The maximum Gasteiger partial charge on any atom is 0.271 e. The Bertz CT molecular complexity index is 670. The largest absolute Gasteiger partial charge is 0.380 e. The van der Waals surface area contributed by atoms with Gasteiger partial charge in [0.1, 0.15) is 0 Å². The summed E-state index contributed by atoms with van der Waals surface area (Å²) in [7, 11) is 1.58. The summed E-state index contributed by atoms with van der Waals surface area (Å²) in [5.74, 6) is -0.326. The number of non-ortho nitro benzene ring substituents is 1. The van der Waals surface area contributed by atoms with Gasteiger partial charge in [-0.05, 0) is 23.8 Å². The van der Waals surface area contributed by atoms with E-state index in [1.54, 1.807) is 31.4 Å². The highest BCUT2D eigenvalue weighted by molar-refractivity contribution is 6.04. The Morgan fingerprint density at radius 3 is 2.71 bits per heavy atom. The van der Waals surface area contributed by atoms with E-state index in [0.29, 0.717) is 17.9 Å². The van der Waals surface area contributed by atoms with Crippen LogP contribution in [0, 0.1) is 10.1 Å². The van der Waals surface area contributed by atoms with E-state index in [1.165, 1.54) is 18.2 Å². The van der Waals surface area contributed by atoms with E-state index in [4.69, 9.17) is 4.74 Å². The first-order chi connectivity index (χ1) is 10.1. The Labute approximate surface area is 121 Å². The molecule has 2 aromatic rings. The topological polar surface area (TPSA) is 81.5 Å². The first-order valence-corrected chi connectivity index (χ1v) is 6.24. The van der Waals surface area contributed by atoms with Crippen molar-refractivity contribution in [3.8, 4) is 0 Å². The lowest BCUT2D eigenvalue weighted by Crippen LogP contribution is -2.12. The maximum absolute atomic E-state index is 12.1. The molecule has 6 heteroatoms. The second-order valence-electron chi connectivity index (χ2n) is 4.39. The maximum atomic E-state index is 12.1. The average molecular weight is 286 g/mol. The zero-order valence-electron chi connectivity index (χ0n) is 11.4. The summed E-state index contributed by atoms with van der Waals surface area (Å²) in [5.41, 5.74) is 1.66. The predicted molar refractivity (Wildman–Crippen MR) is 78.2 cm³/mol. The van der Waals surface area contributed by atoms with Gasteiger partial charge in [-0.2, -0.15) is 0 Å². The van der Waals surface area contributed by atoms with Crippen LogP contribution in [0.1, 0.15) is 15.9 Å². The van der Waals surface area contributed by atoms with E-state index in [1.807, 2.05) is 6.07 Å². The average Bonchev–Trinajstić information content (AvgIpc) is 2.48. The number of carbonyl (C=O) groups is 1. The molecule has 0 saturated carbocycles. The molecule has 1 N–H and O–H groups in total. The van der Waals surface area contributed by atoms with Gasteiger partial charge in [0.15, 0.2) is 0 Å². The molecule has 108 valence electrons. The molecule has 0 aliphatic rings. The zero-order valence-corrected chi connectivity index (χ0v) is 11.4. The molecule has 6 nitrogen and oxygen atoms in total. The van der Waals surface area contributed by atoms with Crippen LogP contribution in [-0.4, -0.2) is 17.9 Å². The third-order valence-corrected chi connectivity index (χ3v) is 2.82. The van der Waals surface area contributed by atoms with Crippen LogP contribution in [-0.2, 0) is 11.3 Å². The Balaban J connectivity index is 2.16. The minimum absolute atomic E-state index is 0.0686. The van der Waals surface area contributed by atoms with E-state index in [2.05, 4.69) is 5.32 Å². The number of hydrogen-bond acceptors (Lipinski definition) is 4. The Kier molecular flexibility index (Phi) is 4.63. The molecule has 0 unspecified atom stereocenters. The summed E-state index contributed by atoms with van der Waals surface area (Å²) < 4.78 is 5.02. The number of rotatable bonds is 5. The highest BCUT2D eigenvalue weighted by Crippen LogP contribution is 2.18. The number of methoxy groups -OCH3 is 1. The number of nitrogens with one attached hydrogen (secondary N) is 1. The molecule has 0 atom stereocenters. The van der Waals surface area contributed by atoms with Gasteiger partial charge < -0.3 is 10.1 Å². The van der Waals surface area contributed by atoms with Gasteiger partial charge in [-0.25, -0.2) is 0 Å². The fourth-order valence-corrected chi connectivity index (χ4v) is 1.87.